The fourth-order valence-corrected chi connectivity index (χ4v) is 1.56. The second-order valence-corrected chi connectivity index (χ2v) is 3.88. The van der Waals surface area contributed by atoms with Crippen LogP contribution in [0.4, 0.5) is 13.2 Å². The van der Waals surface area contributed by atoms with Gasteiger partial charge < -0.3 is 5.11 Å². The molecule has 2 heterocycles. The molecule has 0 aliphatic rings. The van der Waals surface area contributed by atoms with Crippen molar-refractivity contribution < 1.29 is 23.1 Å². The van der Waals surface area contributed by atoms with E-state index in [1.54, 1.807) is 12.1 Å². The highest BCUT2D eigenvalue weighted by atomic mass is 19.4. The third-order valence-electron chi connectivity index (χ3n) is 2.45. The lowest BCUT2D eigenvalue weighted by Crippen LogP contribution is -2.17. The minimum Gasteiger partial charge on any atom is -0.478 e. The summed E-state index contributed by atoms with van der Waals surface area (Å²) in [7, 11) is 0. The van der Waals surface area contributed by atoms with Crippen molar-refractivity contribution in [3.63, 3.8) is 0 Å². The fraction of sp³-hybridized carbons (Fsp3) is 0.167. The smallest absolute Gasteiger partial charge is 0.434 e. The number of nitrogens with zero attached hydrogens (tertiary/aromatic N) is 3. The first-order valence-electron chi connectivity index (χ1n) is 5.43. The topological polar surface area (TPSA) is 76.0 Å². The van der Waals surface area contributed by atoms with Gasteiger partial charge in [-0.15, -0.1) is 0 Å². The van der Waals surface area contributed by atoms with Gasteiger partial charge in [-0.25, -0.2) is 14.8 Å². The quantitative estimate of drug-likeness (QED) is 0.934. The molecular formula is C12H8F3N3O2. The molecule has 20 heavy (non-hydrogen) atoms. The third kappa shape index (κ3) is 3.08. The second-order valence-electron chi connectivity index (χ2n) is 3.88. The predicted octanol–water partition coefficient (Wildman–Crippen LogP) is 2.18. The number of aromatic carboxylic acids is 1. The number of carboxylic acid groups (broad SMARTS) is 1. The summed E-state index contributed by atoms with van der Waals surface area (Å²) in [6.07, 6.45) is -1.12. The Balaban J connectivity index is 2.40. The van der Waals surface area contributed by atoms with Crippen molar-refractivity contribution in [2.24, 2.45) is 0 Å². The molecular weight excluding hydrogens is 275 g/mol. The van der Waals surface area contributed by atoms with Gasteiger partial charge in [0, 0.05) is 25.0 Å². The van der Waals surface area contributed by atoms with Crippen molar-refractivity contribution in [2.45, 2.75) is 12.6 Å². The monoisotopic (exact) mass is 283 g/mol. The molecule has 0 bridgehead atoms. The number of hydrogen-bond donors (Lipinski definition) is 1. The first-order valence-corrected chi connectivity index (χ1v) is 5.43. The first kappa shape index (κ1) is 13.9. The molecule has 104 valence electrons. The summed E-state index contributed by atoms with van der Waals surface area (Å²) in [4.78, 5) is 21.5. The molecule has 0 aliphatic carbocycles. The molecule has 2 aromatic heterocycles. The molecule has 1 N–H and O–H groups in total. The average Bonchev–Trinajstić information content (AvgIpc) is 2.38. The third-order valence-corrected chi connectivity index (χ3v) is 2.45. The van der Waals surface area contributed by atoms with Crippen molar-refractivity contribution in [2.75, 3.05) is 0 Å². The highest BCUT2D eigenvalue weighted by Crippen LogP contribution is 2.30. The van der Waals surface area contributed by atoms with E-state index < -0.39 is 23.4 Å². The maximum Gasteiger partial charge on any atom is 0.434 e. The summed E-state index contributed by atoms with van der Waals surface area (Å²) in [6, 6.07) is 3.23. The van der Waals surface area contributed by atoms with E-state index in [0.717, 1.165) is 0 Å². The second kappa shape index (κ2) is 5.24. The Morgan fingerprint density at radius 2 is 1.90 bits per heavy atom. The van der Waals surface area contributed by atoms with Crippen molar-refractivity contribution in [1.82, 2.24) is 15.0 Å². The van der Waals surface area contributed by atoms with Crippen molar-refractivity contribution in [3.8, 4) is 0 Å². The SMILES string of the molecule is O=C(O)c1cnc(Cc2ccncc2)nc1C(F)(F)F. The summed E-state index contributed by atoms with van der Waals surface area (Å²) in [5.74, 6) is -1.82. The lowest BCUT2D eigenvalue weighted by atomic mass is 10.1. The minimum absolute atomic E-state index is 0.0610. The van der Waals surface area contributed by atoms with E-state index in [1.807, 2.05) is 0 Å². The molecule has 5 nitrogen and oxygen atoms in total. The predicted molar refractivity (Wildman–Crippen MR) is 61.0 cm³/mol. The van der Waals surface area contributed by atoms with E-state index in [4.69, 9.17) is 5.11 Å². The molecule has 0 atom stereocenters. The van der Waals surface area contributed by atoms with E-state index in [9.17, 15) is 18.0 Å². The van der Waals surface area contributed by atoms with Crippen LogP contribution in [0.5, 0.6) is 0 Å². The highest BCUT2D eigenvalue weighted by molar-refractivity contribution is 5.88. The summed E-state index contributed by atoms with van der Waals surface area (Å²) in [6.45, 7) is 0. The molecule has 0 saturated carbocycles. The number of carbonyl (C=O) groups is 1. The fourth-order valence-electron chi connectivity index (χ4n) is 1.56. The van der Waals surface area contributed by atoms with Gasteiger partial charge in [-0.05, 0) is 17.7 Å². The van der Waals surface area contributed by atoms with E-state index in [0.29, 0.717) is 11.8 Å². The summed E-state index contributed by atoms with van der Waals surface area (Å²) < 4.78 is 38.3. The van der Waals surface area contributed by atoms with Crippen LogP contribution in [0.15, 0.2) is 30.7 Å². The number of halogens is 3. The van der Waals surface area contributed by atoms with Gasteiger partial charge in [-0.2, -0.15) is 13.2 Å². The van der Waals surface area contributed by atoms with Crippen molar-refractivity contribution >= 4 is 5.97 Å². The zero-order valence-corrected chi connectivity index (χ0v) is 9.92. The zero-order chi connectivity index (χ0) is 14.8. The van der Waals surface area contributed by atoms with Crippen molar-refractivity contribution in [1.29, 1.82) is 0 Å². The molecule has 0 unspecified atom stereocenters. The Labute approximate surface area is 111 Å². The number of hydrogen-bond acceptors (Lipinski definition) is 4. The molecule has 8 heteroatoms. The Hall–Kier alpha value is -2.51. The normalized spacial score (nSPS) is 11.3. The standard InChI is InChI=1S/C12H8F3N3O2/c13-12(14,15)10-8(11(19)20)6-17-9(18-10)5-7-1-3-16-4-2-7/h1-4,6H,5H2,(H,19,20). The van der Waals surface area contributed by atoms with E-state index >= 15 is 0 Å². The molecule has 2 aromatic rings. The van der Waals surface area contributed by atoms with Gasteiger partial charge in [0.15, 0.2) is 5.69 Å². The molecule has 0 aliphatic heterocycles. The maximum absolute atomic E-state index is 12.8. The molecule has 0 amide bonds. The van der Waals surface area contributed by atoms with E-state index in [2.05, 4.69) is 15.0 Å². The average molecular weight is 283 g/mol. The largest absolute Gasteiger partial charge is 0.478 e. The van der Waals surface area contributed by atoms with Crippen LogP contribution in [0.3, 0.4) is 0 Å². The van der Waals surface area contributed by atoms with Crippen LogP contribution in [0.1, 0.15) is 27.4 Å². The van der Waals surface area contributed by atoms with Gasteiger partial charge in [-0.3, -0.25) is 4.98 Å². The highest BCUT2D eigenvalue weighted by Gasteiger charge is 2.38. The summed E-state index contributed by atoms with van der Waals surface area (Å²) in [5, 5.41) is 8.72. The van der Waals surface area contributed by atoms with E-state index in [-0.39, 0.29) is 12.2 Å². The molecule has 0 aromatic carbocycles. The lowest BCUT2D eigenvalue weighted by molar-refractivity contribution is -0.141. The van der Waals surface area contributed by atoms with Gasteiger partial charge in [0.1, 0.15) is 11.4 Å². The molecule has 0 radical (unpaired) electrons. The number of rotatable bonds is 3. The van der Waals surface area contributed by atoms with Crippen LogP contribution in [0.2, 0.25) is 0 Å². The lowest BCUT2D eigenvalue weighted by Gasteiger charge is -2.10. The van der Waals surface area contributed by atoms with Gasteiger partial charge >= 0.3 is 12.1 Å². The van der Waals surface area contributed by atoms with E-state index in [1.165, 1.54) is 12.4 Å². The Kier molecular flexibility index (Phi) is 3.64. The van der Waals surface area contributed by atoms with Crippen LogP contribution >= 0.6 is 0 Å². The molecule has 0 fully saturated rings. The number of carboxylic acids is 1. The van der Waals surface area contributed by atoms with Crippen LogP contribution in [0, 0.1) is 0 Å². The molecule has 0 spiro atoms. The minimum atomic E-state index is -4.84. The van der Waals surface area contributed by atoms with Crippen LogP contribution in [-0.4, -0.2) is 26.0 Å². The van der Waals surface area contributed by atoms with Gasteiger partial charge in [0.05, 0.1) is 0 Å². The number of aromatic nitrogens is 3. The summed E-state index contributed by atoms with van der Waals surface area (Å²) >= 11 is 0. The number of alkyl halides is 3. The van der Waals surface area contributed by atoms with Gasteiger partial charge in [-0.1, -0.05) is 0 Å². The summed E-state index contributed by atoms with van der Waals surface area (Å²) in [5.41, 5.74) is -1.73. The molecule has 0 saturated heterocycles. The maximum atomic E-state index is 12.8. The van der Waals surface area contributed by atoms with Crippen LogP contribution in [0.25, 0.3) is 0 Å². The van der Waals surface area contributed by atoms with Gasteiger partial charge in [0.2, 0.25) is 0 Å². The first-order chi connectivity index (χ1) is 9.38. The zero-order valence-electron chi connectivity index (χ0n) is 9.92. The molecule has 2 rings (SSSR count). The Morgan fingerprint density at radius 3 is 2.45 bits per heavy atom. The van der Waals surface area contributed by atoms with Crippen LogP contribution in [-0.2, 0) is 12.6 Å². The van der Waals surface area contributed by atoms with Crippen molar-refractivity contribution in [3.05, 3.63) is 53.4 Å². The Morgan fingerprint density at radius 1 is 1.25 bits per heavy atom. The number of pyridine rings is 1. The van der Waals surface area contributed by atoms with Gasteiger partial charge in [0.25, 0.3) is 0 Å². The Bertz CT molecular complexity index is 630. The van der Waals surface area contributed by atoms with Crippen LogP contribution < -0.4 is 0 Å².